The smallest absolute Gasteiger partial charge is 0.338 e. The van der Waals surface area contributed by atoms with Crippen molar-refractivity contribution < 1.29 is 14.3 Å². The van der Waals surface area contributed by atoms with E-state index < -0.39 is 11.2 Å². The van der Waals surface area contributed by atoms with Gasteiger partial charge in [0.1, 0.15) is 4.70 Å². The van der Waals surface area contributed by atoms with Crippen LogP contribution in [0.3, 0.4) is 0 Å². The number of nitrogens with one attached hydrogen (secondary N) is 1. The summed E-state index contributed by atoms with van der Waals surface area (Å²) in [6.45, 7) is 4.21. The quantitative estimate of drug-likeness (QED) is 0.200. The molecule has 35 heavy (non-hydrogen) atoms. The molecule has 0 saturated carbocycles. The van der Waals surface area contributed by atoms with Crippen LogP contribution in [0.4, 0.5) is 5.69 Å². The third kappa shape index (κ3) is 5.77. The molecule has 4 aromatic rings. The van der Waals surface area contributed by atoms with E-state index in [-0.39, 0.29) is 18.0 Å². The summed E-state index contributed by atoms with van der Waals surface area (Å²) in [5.41, 5.74) is 2.17. The SMILES string of the molecule is CCOC(=O)c1ccc(NC(=O)C(CC)Sc2nc3ccsc3c(=O)n2Cc2ccccn2)cc1. The molecule has 0 spiro atoms. The first kappa shape index (κ1) is 24.6. The number of thioether (sulfide) groups is 1. The Hall–Kier alpha value is -3.50. The average Bonchev–Trinajstić information content (AvgIpc) is 3.34. The van der Waals surface area contributed by atoms with Gasteiger partial charge in [0.05, 0.1) is 35.2 Å². The van der Waals surface area contributed by atoms with Gasteiger partial charge < -0.3 is 10.1 Å². The monoisotopic (exact) mass is 508 g/mol. The zero-order valence-electron chi connectivity index (χ0n) is 19.3. The maximum Gasteiger partial charge on any atom is 0.338 e. The van der Waals surface area contributed by atoms with E-state index in [0.717, 1.165) is 5.69 Å². The summed E-state index contributed by atoms with van der Waals surface area (Å²) >= 11 is 2.60. The lowest BCUT2D eigenvalue weighted by Gasteiger charge is -2.17. The third-order valence-electron chi connectivity index (χ3n) is 5.15. The molecule has 3 aromatic heterocycles. The van der Waals surface area contributed by atoms with E-state index in [9.17, 15) is 14.4 Å². The summed E-state index contributed by atoms with van der Waals surface area (Å²) in [5, 5.41) is 4.70. The van der Waals surface area contributed by atoms with Crippen molar-refractivity contribution in [3.8, 4) is 0 Å². The van der Waals surface area contributed by atoms with Gasteiger partial charge in [-0.3, -0.25) is 19.1 Å². The highest BCUT2D eigenvalue weighted by molar-refractivity contribution is 8.00. The minimum atomic E-state index is -0.488. The van der Waals surface area contributed by atoms with E-state index in [1.54, 1.807) is 42.0 Å². The number of anilines is 1. The van der Waals surface area contributed by atoms with Crippen LogP contribution in [0.1, 0.15) is 36.3 Å². The van der Waals surface area contributed by atoms with Gasteiger partial charge in [0, 0.05) is 11.9 Å². The molecule has 10 heteroatoms. The van der Waals surface area contributed by atoms with Gasteiger partial charge in [-0.2, -0.15) is 0 Å². The van der Waals surface area contributed by atoms with Crippen molar-refractivity contribution >= 4 is 50.9 Å². The fourth-order valence-corrected chi connectivity index (χ4v) is 5.17. The zero-order chi connectivity index (χ0) is 24.8. The Morgan fingerprint density at radius 1 is 1.14 bits per heavy atom. The van der Waals surface area contributed by atoms with Crippen LogP contribution in [-0.4, -0.2) is 38.3 Å². The maximum atomic E-state index is 13.2. The molecule has 0 aliphatic rings. The molecule has 0 aliphatic carbocycles. The van der Waals surface area contributed by atoms with E-state index in [1.165, 1.54) is 23.1 Å². The Morgan fingerprint density at radius 3 is 2.63 bits per heavy atom. The van der Waals surface area contributed by atoms with Crippen LogP contribution in [0.25, 0.3) is 10.2 Å². The number of aromatic nitrogens is 3. The molecule has 0 aliphatic heterocycles. The van der Waals surface area contributed by atoms with Crippen LogP contribution >= 0.6 is 23.1 Å². The van der Waals surface area contributed by atoms with Crippen LogP contribution in [0, 0.1) is 0 Å². The fourth-order valence-electron chi connectivity index (χ4n) is 3.38. The molecule has 0 fully saturated rings. The molecule has 0 bridgehead atoms. The molecule has 4 rings (SSSR count). The largest absolute Gasteiger partial charge is 0.462 e. The number of hydrogen-bond acceptors (Lipinski definition) is 8. The van der Waals surface area contributed by atoms with E-state index in [0.29, 0.717) is 39.7 Å². The van der Waals surface area contributed by atoms with Crippen molar-refractivity contribution in [3.63, 3.8) is 0 Å². The Balaban J connectivity index is 1.57. The second-order valence-electron chi connectivity index (χ2n) is 7.54. The van der Waals surface area contributed by atoms with Crippen LogP contribution in [-0.2, 0) is 16.1 Å². The van der Waals surface area contributed by atoms with Crippen LogP contribution in [0.2, 0.25) is 0 Å². The summed E-state index contributed by atoms with van der Waals surface area (Å²) < 4.78 is 7.14. The van der Waals surface area contributed by atoms with Gasteiger partial charge in [0.15, 0.2) is 5.16 Å². The van der Waals surface area contributed by atoms with Gasteiger partial charge in [-0.05, 0) is 61.2 Å². The lowest BCUT2D eigenvalue weighted by atomic mass is 10.2. The number of nitrogens with zero attached hydrogens (tertiary/aromatic N) is 3. The van der Waals surface area contributed by atoms with Crippen molar-refractivity contribution in [2.45, 2.75) is 37.2 Å². The third-order valence-corrected chi connectivity index (χ3v) is 7.40. The van der Waals surface area contributed by atoms with Gasteiger partial charge in [-0.1, -0.05) is 24.8 Å². The number of thiophene rings is 1. The molecule has 8 nitrogen and oxygen atoms in total. The molecule has 1 N–H and O–H groups in total. The molecular weight excluding hydrogens is 484 g/mol. The Kier molecular flexibility index (Phi) is 7.94. The summed E-state index contributed by atoms with van der Waals surface area (Å²) in [4.78, 5) is 47.2. The number of carbonyl (C=O) groups is 2. The zero-order valence-corrected chi connectivity index (χ0v) is 20.9. The highest BCUT2D eigenvalue weighted by atomic mass is 32.2. The maximum absolute atomic E-state index is 13.2. The Bertz CT molecular complexity index is 1380. The Morgan fingerprint density at radius 2 is 1.94 bits per heavy atom. The normalized spacial score (nSPS) is 11.8. The molecule has 1 atom stereocenters. The summed E-state index contributed by atoms with van der Waals surface area (Å²) in [6.07, 6.45) is 2.21. The van der Waals surface area contributed by atoms with E-state index in [2.05, 4.69) is 10.3 Å². The van der Waals surface area contributed by atoms with Gasteiger partial charge in [-0.25, -0.2) is 9.78 Å². The number of benzene rings is 1. The van der Waals surface area contributed by atoms with Crippen molar-refractivity contribution in [2.24, 2.45) is 0 Å². The molecule has 3 heterocycles. The lowest BCUT2D eigenvalue weighted by Crippen LogP contribution is -2.28. The fraction of sp³-hybridized carbons (Fsp3) is 0.240. The van der Waals surface area contributed by atoms with Crippen LogP contribution in [0.5, 0.6) is 0 Å². The average molecular weight is 509 g/mol. The number of ether oxygens (including phenoxy) is 1. The minimum Gasteiger partial charge on any atom is -0.462 e. The van der Waals surface area contributed by atoms with E-state index >= 15 is 0 Å². The predicted molar refractivity (Wildman–Crippen MR) is 138 cm³/mol. The summed E-state index contributed by atoms with van der Waals surface area (Å²) in [5.74, 6) is -0.626. The number of rotatable bonds is 9. The summed E-state index contributed by atoms with van der Waals surface area (Å²) in [6, 6.07) is 13.9. The second kappa shape index (κ2) is 11.3. The standard InChI is InChI=1S/C25H24N4O4S2/c1-3-20(22(30)27-17-10-8-16(9-11-17)24(32)33-4-2)35-25-28-19-12-14-34-21(19)23(31)29(25)15-18-7-5-6-13-26-18/h5-14,20H,3-4,15H2,1-2H3,(H,27,30). The Labute approximate surface area is 210 Å². The van der Waals surface area contributed by atoms with Crippen molar-refractivity contribution in [1.82, 2.24) is 14.5 Å². The topological polar surface area (TPSA) is 103 Å². The molecule has 1 amide bonds. The molecule has 0 saturated heterocycles. The van der Waals surface area contributed by atoms with Gasteiger partial charge in [0.2, 0.25) is 5.91 Å². The first-order valence-electron chi connectivity index (χ1n) is 11.1. The first-order chi connectivity index (χ1) is 17.0. The number of hydrogen-bond donors (Lipinski definition) is 1. The number of fused-ring (bicyclic) bond motifs is 1. The van der Waals surface area contributed by atoms with Gasteiger partial charge in [-0.15, -0.1) is 11.3 Å². The van der Waals surface area contributed by atoms with Crippen LogP contribution in [0.15, 0.2) is 70.1 Å². The molecule has 0 radical (unpaired) electrons. The number of amides is 1. The van der Waals surface area contributed by atoms with Gasteiger partial charge in [0.25, 0.3) is 5.56 Å². The number of esters is 1. The molecule has 1 unspecified atom stereocenters. The number of carbonyl (C=O) groups excluding carboxylic acids is 2. The molecule has 180 valence electrons. The second-order valence-corrected chi connectivity index (χ2v) is 9.63. The van der Waals surface area contributed by atoms with E-state index in [1.807, 2.05) is 36.6 Å². The molecular formula is C25H24N4O4S2. The molecule has 1 aromatic carbocycles. The predicted octanol–water partition coefficient (Wildman–Crippen LogP) is 4.59. The van der Waals surface area contributed by atoms with Gasteiger partial charge >= 0.3 is 5.97 Å². The van der Waals surface area contributed by atoms with Crippen LogP contribution < -0.4 is 10.9 Å². The minimum absolute atomic E-state index is 0.150. The highest BCUT2D eigenvalue weighted by Crippen LogP contribution is 2.27. The number of pyridine rings is 1. The van der Waals surface area contributed by atoms with E-state index in [4.69, 9.17) is 9.72 Å². The summed E-state index contributed by atoms with van der Waals surface area (Å²) in [7, 11) is 0. The van der Waals surface area contributed by atoms with Crippen molar-refractivity contribution in [3.05, 3.63) is 81.7 Å². The highest BCUT2D eigenvalue weighted by Gasteiger charge is 2.23. The van der Waals surface area contributed by atoms with Crippen molar-refractivity contribution in [1.29, 1.82) is 0 Å². The lowest BCUT2D eigenvalue weighted by molar-refractivity contribution is -0.115. The van der Waals surface area contributed by atoms with Crippen molar-refractivity contribution in [2.75, 3.05) is 11.9 Å². The first-order valence-corrected chi connectivity index (χ1v) is 12.9.